The van der Waals surface area contributed by atoms with Crippen LogP contribution in [0.3, 0.4) is 0 Å². The predicted octanol–water partition coefficient (Wildman–Crippen LogP) is 6.38. The fourth-order valence-electron chi connectivity index (χ4n) is 3.76. The molecular formula is C23H17ClF5N5O2S. The molecule has 194 valence electrons. The highest BCUT2D eigenvalue weighted by atomic mass is 35.5. The van der Waals surface area contributed by atoms with Gasteiger partial charge in [-0.25, -0.2) is 13.8 Å². The molecule has 1 aromatic carbocycles. The molecule has 0 saturated carbocycles. The lowest BCUT2D eigenvalue weighted by atomic mass is 10.0. The molecule has 14 heteroatoms. The van der Waals surface area contributed by atoms with E-state index in [9.17, 15) is 31.5 Å². The van der Waals surface area contributed by atoms with Gasteiger partial charge in [-0.2, -0.15) is 18.3 Å². The van der Waals surface area contributed by atoms with Gasteiger partial charge in [-0.15, -0.1) is 11.3 Å². The van der Waals surface area contributed by atoms with Crippen LogP contribution in [0.25, 0.3) is 21.3 Å². The van der Waals surface area contributed by atoms with E-state index in [4.69, 9.17) is 17.3 Å². The highest BCUT2D eigenvalue weighted by Gasteiger charge is 2.39. The van der Waals surface area contributed by atoms with Crippen molar-refractivity contribution in [2.45, 2.75) is 32.5 Å². The van der Waals surface area contributed by atoms with Gasteiger partial charge in [-0.1, -0.05) is 41.9 Å². The minimum atomic E-state index is -4.84. The van der Waals surface area contributed by atoms with Gasteiger partial charge >= 0.3 is 6.18 Å². The Kier molecular flexibility index (Phi) is 6.95. The SMILES string of the molecule is Cc1c(Cl)c(C(F)(F)F)nn1C(C)C(=O)Nc1c(C(N)=O)sc2nc(C(F)F)cc(-c3ccccc3)c12. The molecule has 1 atom stereocenters. The smallest absolute Gasteiger partial charge is 0.365 e. The van der Waals surface area contributed by atoms with E-state index in [0.29, 0.717) is 16.9 Å². The summed E-state index contributed by atoms with van der Waals surface area (Å²) in [6.45, 7) is 2.56. The molecule has 2 amide bonds. The first kappa shape index (κ1) is 26.5. The number of hydrogen-bond acceptors (Lipinski definition) is 5. The zero-order chi connectivity index (χ0) is 27.2. The van der Waals surface area contributed by atoms with E-state index in [-0.39, 0.29) is 32.0 Å². The van der Waals surface area contributed by atoms with Crippen LogP contribution in [-0.2, 0) is 11.0 Å². The van der Waals surface area contributed by atoms with Crippen LogP contribution in [0.1, 0.15) is 46.1 Å². The van der Waals surface area contributed by atoms with Crippen molar-refractivity contribution in [1.29, 1.82) is 0 Å². The third-order valence-corrected chi connectivity index (χ3v) is 7.10. The van der Waals surface area contributed by atoms with E-state index >= 15 is 0 Å². The van der Waals surface area contributed by atoms with Crippen molar-refractivity contribution in [3.05, 3.63) is 63.4 Å². The number of nitrogens with zero attached hydrogens (tertiary/aromatic N) is 3. The van der Waals surface area contributed by atoms with E-state index in [1.807, 2.05) is 0 Å². The standard InChI is InChI=1S/C23H17ClF5N5O2S/c1-9-15(24)18(23(27,28)29)33-34(9)10(2)21(36)32-16-14-12(11-6-4-3-5-7-11)8-13(19(25)26)31-22(14)37-17(16)20(30)35/h3-8,10,19H,1-2H3,(H2,30,35)(H,32,36). The number of benzene rings is 1. The van der Waals surface area contributed by atoms with Crippen molar-refractivity contribution in [2.75, 3.05) is 5.32 Å². The van der Waals surface area contributed by atoms with Crippen LogP contribution in [0.15, 0.2) is 36.4 Å². The summed E-state index contributed by atoms with van der Waals surface area (Å²) in [5.41, 5.74) is 4.17. The summed E-state index contributed by atoms with van der Waals surface area (Å²) in [6.07, 6.45) is -7.76. The molecule has 4 aromatic rings. The predicted molar refractivity (Wildman–Crippen MR) is 129 cm³/mol. The van der Waals surface area contributed by atoms with E-state index in [1.165, 1.54) is 13.8 Å². The molecule has 3 heterocycles. The fourth-order valence-corrected chi connectivity index (χ4v) is 5.01. The second-order valence-electron chi connectivity index (χ2n) is 7.97. The summed E-state index contributed by atoms with van der Waals surface area (Å²) in [5.74, 6) is -1.81. The molecule has 1 unspecified atom stereocenters. The molecule has 37 heavy (non-hydrogen) atoms. The van der Waals surface area contributed by atoms with E-state index < -0.39 is 46.9 Å². The van der Waals surface area contributed by atoms with Crippen LogP contribution >= 0.6 is 22.9 Å². The molecule has 0 bridgehead atoms. The quantitative estimate of drug-likeness (QED) is 0.269. The van der Waals surface area contributed by atoms with Crippen molar-refractivity contribution in [3.63, 3.8) is 0 Å². The molecule has 3 N–H and O–H groups in total. The Bertz CT molecular complexity index is 1520. The lowest BCUT2D eigenvalue weighted by Gasteiger charge is -2.16. The Morgan fingerprint density at radius 1 is 1.19 bits per heavy atom. The van der Waals surface area contributed by atoms with Gasteiger partial charge in [0.25, 0.3) is 12.3 Å². The van der Waals surface area contributed by atoms with Crippen LogP contribution in [0, 0.1) is 6.92 Å². The van der Waals surface area contributed by atoms with Crippen molar-refractivity contribution in [3.8, 4) is 11.1 Å². The minimum absolute atomic E-state index is 0.0195. The first-order valence-electron chi connectivity index (χ1n) is 10.5. The number of aromatic nitrogens is 3. The molecule has 0 aliphatic carbocycles. The Morgan fingerprint density at radius 2 is 1.84 bits per heavy atom. The monoisotopic (exact) mass is 557 g/mol. The fraction of sp³-hybridized carbons (Fsp3) is 0.217. The summed E-state index contributed by atoms with van der Waals surface area (Å²) in [7, 11) is 0. The number of alkyl halides is 5. The maximum absolute atomic E-state index is 13.6. The van der Waals surface area contributed by atoms with Gasteiger partial charge in [0.2, 0.25) is 5.91 Å². The summed E-state index contributed by atoms with van der Waals surface area (Å²) in [4.78, 5) is 29.2. The lowest BCUT2D eigenvalue weighted by Crippen LogP contribution is -2.26. The number of carbonyl (C=O) groups is 2. The molecule has 0 fully saturated rings. The third kappa shape index (κ3) is 4.88. The Morgan fingerprint density at radius 3 is 2.38 bits per heavy atom. The van der Waals surface area contributed by atoms with Crippen molar-refractivity contribution in [1.82, 2.24) is 14.8 Å². The largest absolute Gasteiger partial charge is 0.436 e. The average Bonchev–Trinajstić information content (AvgIpc) is 3.36. The number of nitrogens with two attached hydrogens (primary N) is 1. The highest BCUT2D eigenvalue weighted by molar-refractivity contribution is 7.21. The maximum atomic E-state index is 13.6. The molecule has 0 aliphatic rings. The van der Waals surface area contributed by atoms with E-state index in [2.05, 4.69) is 15.4 Å². The number of fused-ring (bicyclic) bond motifs is 1. The Labute approximate surface area is 215 Å². The number of halogens is 6. The number of nitrogens with one attached hydrogen (secondary N) is 1. The third-order valence-electron chi connectivity index (χ3n) is 5.55. The molecule has 0 saturated heterocycles. The summed E-state index contributed by atoms with van der Waals surface area (Å²) < 4.78 is 67.8. The number of rotatable bonds is 6. The van der Waals surface area contributed by atoms with Gasteiger partial charge in [0.15, 0.2) is 5.69 Å². The van der Waals surface area contributed by atoms with Crippen LogP contribution in [0.2, 0.25) is 5.02 Å². The van der Waals surface area contributed by atoms with Crippen LogP contribution in [-0.4, -0.2) is 26.6 Å². The molecule has 0 aliphatic heterocycles. The van der Waals surface area contributed by atoms with Gasteiger partial charge in [0.05, 0.1) is 16.4 Å². The number of anilines is 1. The molecular weight excluding hydrogens is 541 g/mol. The summed E-state index contributed by atoms with van der Waals surface area (Å²) in [5, 5.41) is 5.52. The van der Waals surface area contributed by atoms with Crippen LogP contribution in [0.5, 0.6) is 0 Å². The zero-order valence-corrected chi connectivity index (χ0v) is 20.6. The summed E-state index contributed by atoms with van der Waals surface area (Å²) in [6, 6.07) is 8.20. The summed E-state index contributed by atoms with van der Waals surface area (Å²) >= 11 is 6.51. The van der Waals surface area contributed by atoms with Gasteiger partial charge < -0.3 is 11.1 Å². The molecule has 4 rings (SSSR count). The first-order valence-corrected chi connectivity index (χ1v) is 11.7. The maximum Gasteiger partial charge on any atom is 0.436 e. The minimum Gasteiger partial charge on any atom is -0.365 e. The number of primary amides is 1. The second kappa shape index (κ2) is 9.71. The van der Waals surface area contributed by atoms with E-state index in [1.54, 1.807) is 30.3 Å². The number of pyridine rings is 1. The first-order chi connectivity index (χ1) is 17.3. The van der Waals surface area contributed by atoms with Crippen molar-refractivity contribution in [2.24, 2.45) is 5.73 Å². The Balaban J connectivity index is 1.86. The lowest BCUT2D eigenvalue weighted by molar-refractivity contribution is -0.141. The van der Waals surface area contributed by atoms with Crippen LogP contribution in [0.4, 0.5) is 27.6 Å². The molecule has 7 nitrogen and oxygen atoms in total. The van der Waals surface area contributed by atoms with E-state index in [0.717, 1.165) is 10.7 Å². The number of thiophene rings is 1. The van der Waals surface area contributed by atoms with Crippen molar-refractivity contribution < 1.29 is 31.5 Å². The number of carbonyl (C=O) groups excluding carboxylic acids is 2. The van der Waals surface area contributed by atoms with Crippen molar-refractivity contribution >= 4 is 50.7 Å². The van der Waals surface area contributed by atoms with Gasteiger partial charge in [0, 0.05) is 5.39 Å². The zero-order valence-electron chi connectivity index (χ0n) is 19.0. The van der Waals surface area contributed by atoms with Gasteiger partial charge in [0.1, 0.15) is 21.4 Å². The van der Waals surface area contributed by atoms with Crippen LogP contribution < -0.4 is 11.1 Å². The average molecular weight is 558 g/mol. The number of hydrogen-bond donors (Lipinski definition) is 2. The molecule has 0 spiro atoms. The molecule has 0 radical (unpaired) electrons. The number of amides is 2. The topological polar surface area (TPSA) is 103 Å². The van der Waals surface area contributed by atoms with Gasteiger partial charge in [-0.05, 0) is 31.0 Å². The second-order valence-corrected chi connectivity index (χ2v) is 9.34. The highest BCUT2D eigenvalue weighted by Crippen LogP contribution is 2.43. The molecule has 3 aromatic heterocycles. The Hall–Kier alpha value is -3.58. The van der Waals surface area contributed by atoms with Gasteiger partial charge in [-0.3, -0.25) is 14.3 Å². The normalized spacial score (nSPS) is 12.8.